The number of rotatable bonds is 10. The van der Waals surface area contributed by atoms with Crippen LogP contribution in [0.1, 0.15) is 72.8 Å². The molecule has 10 nitrogen and oxygen atoms in total. The van der Waals surface area contributed by atoms with Gasteiger partial charge in [-0.25, -0.2) is 9.49 Å². The maximum atomic E-state index is 14.1. The zero-order valence-corrected chi connectivity index (χ0v) is 24.1. The van der Waals surface area contributed by atoms with Crippen LogP contribution in [0.25, 0.3) is 0 Å². The first kappa shape index (κ1) is 30.4. The van der Waals surface area contributed by atoms with Gasteiger partial charge in [-0.3, -0.25) is 19.2 Å². The first-order valence-corrected chi connectivity index (χ1v) is 13.9. The van der Waals surface area contributed by atoms with E-state index in [0.717, 1.165) is 0 Å². The summed E-state index contributed by atoms with van der Waals surface area (Å²) >= 11 is 0. The van der Waals surface area contributed by atoms with Gasteiger partial charge < -0.3 is 20.1 Å². The van der Waals surface area contributed by atoms with Gasteiger partial charge in [-0.1, -0.05) is 26.0 Å². The van der Waals surface area contributed by atoms with Crippen LogP contribution in [0.5, 0.6) is 11.5 Å². The predicted octanol–water partition coefficient (Wildman–Crippen LogP) is 4.67. The van der Waals surface area contributed by atoms with Gasteiger partial charge in [0.05, 0.1) is 23.7 Å². The number of aromatic amines is 1. The fourth-order valence-electron chi connectivity index (χ4n) is 5.84. The molecule has 0 unspecified atom stereocenters. The predicted molar refractivity (Wildman–Crippen MR) is 153 cm³/mol. The van der Waals surface area contributed by atoms with Gasteiger partial charge in [-0.2, -0.15) is 5.10 Å². The zero-order valence-electron chi connectivity index (χ0n) is 24.1. The van der Waals surface area contributed by atoms with Crippen LogP contribution in [0.3, 0.4) is 0 Å². The number of H-pyrrole nitrogens is 1. The van der Waals surface area contributed by atoms with E-state index in [0.29, 0.717) is 48.3 Å². The summed E-state index contributed by atoms with van der Waals surface area (Å²) in [5, 5.41) is 19.0. The van der Waals surface area contributed by atoms with E-state index in [-0.39, 0.29) is 17.9 Å². The largest absolute Gasteiger partial charge is 0.481 e. The van der Waals surface area contributed by atoms with Crippen molar-refractivity contribution in [2.75, 3.05) is 6.54 Å². The molecule has 0 bridgehead atoms. The van der Waals surface area contributed by atoms with Crippen molar-refractivity contribution in [1.82, 2.24) is 20.4 Å². The van der Waals surface area contributed by atoms with E-state index in [1.165, 1.54) is 29.2 Å². The summed E-state index contributed by atoms with van der Waals surface area (Å²) in [6, 6.07) is 11.0. The molecule has 1 saturated heterocycles. The highest BCUT2D eigenvalue weighted by Gasteiger charge is 2.52. The van der Waals surface area contributed by atoms with Crippen molar-refractivity contribution in [3.05, 3.63) is 87.1 Å². The molecule has 1 aliphatic rings. The molecule has 3 N–H and O–H groups in total. The zero-order chi connectivity index (χ0) is 30.6. The number of hydrogen-bond donors (Lipinski definition) is 3. The van der Waals surface area contributed by atoms with Crippen molar-refractivity contribution >= 4 is 17.8 Å². The number of carboxylic acids is 1. The van der Waals surface area contributed by atoms with Crippen LogP contribution in [0, 0.1) is 25.1 Å². The van der Waals surface area contributed by atoms with Gasteiger partial charge in [0, 0.05) is 17.7 Å². The van der Waals surface area contributed by atoms with Gasteiger partial charge in [-0.15, -0.1) is 0 Å². The molecule has 222 valence electrons. The van der Waals surface area contributed by atoms with E-state index in [1.807, 2.05) is 0 Å². The highest BCUT2D eigenvalue weighted by molar-refractivity contribution is 5.97. The topological polar surface area (TPSA) is 142 Å². The molecule has 2 atom stereocenters. The number of aryl methyl sites for hydroxylation is 2. The van der Waals surface area contributed by atoms with Gasteiger partial charge in [0.2, 0.25) is 5.91 Å². The highest BCUT2D eigenvalue weighted by atomic mass is 19.1. The number of amides is 2. The Morgan fingerprint density at radius 3 is 2.48 bits per heavy atom. The lowest BCUT2D eigenvalue weighted by Gasteiger charge is -2.41. The average molecular weight is 579 g/mol. The van der Waals surface area contributed by atoms with E-state index in [9.17, 15) is 28.7 Å². The number of hydrogen-bond acceptors (Lipinski definition) is 6. The summed E-state index contributed by atoms with van der Waals surface area (Å²) in [5.41, 5.74) is 0.346. The van der Waals surface area contributed by atoms with E-state index in [2.05, 4.69) is 15.5 Å². The molecule has 1 aliphatic heterocycles. The molecule has 1 aromatic heterocycles. The van der Waals surface area contributed by atoms with Gasteiger partial charge in [-0.05, 0) is 81.0 Å². The molecule has 2 aromatic carbocycles. The fraction of sp³-hybridized carbons (Fsp3) is 0.387. The molecular weight excluding hydrogens is 543 g/mol. The Kier molecular flexibility index (Phi) is 9.08. The van der Waals surface area contributed by atoms with Crippen molar-refractivity contribution in [2.45, 2.75) is 65.5 Å². The van der Waals surface area contributed by atoms with Crippen LogP contribution in [-0.4, -0.2) is 50.6 Å². The second-order valence-corrected chi connectivity index (χ2v) is 10.6. The molecule has 0 aliphatic carbocycles. The monoisotopic (exact) mass is 578 g/mol. The second-order valence-electron chi connectivity index (χ2n) is 10.6. The summed E-state index contributed by atoms with van der Waals surface area (Å²) in [6.45, 7) is 6.64. The lowest BCUT2D eigenvalue weighted by Crippen LogP contribution is -2.53. The number of ether oxygens (including phenoxy) is 1. The summed E-state index contributed by atoms with van der Waals surface area (Å²) in [5.74, 6) is -1.95. The van der Waals surface area contributed by atoms with Crippen molar-refractivity contribution in [3.63, 3.8) is 0 Å². The maximum Gasteiger partial charge on any atom is 0.311 e. The number of aliphatic carboxylic acids is 1. The van der Waals surface area contributed by atoms with Crippen LogP contribution >= 0.6 is 0 Å². The van der Waals surface area contributed by atoms with Crippen molar-refractivity contribution < 1.29 is 28.6 Å². The molecule has 2 amide bonds. The smallest absolute Gasteiger partial charge is 0.311 e. The minimum Gasteiger partial charge on any atom is -0.481 e. The van der Waals surface area contributed by atoms with Crippen molar-refractivity contribution in [3.8, 4) is 11.5 Å². The minimum absolute atomic E-state index is 0.0676. The highest BCUT2D eigenvalue weighted by Crippen LogP contribution is 2.46. The Labute approximate surface area is 242 Å². The fourth-order valence-corrected chi connectivity index (χ4v) is 5.84. The number of carbonyl (C=O) groups excluding carboxylic acids is 2. The molecule has 11 heteroatoms. The van der Waals surface area contributed by atoms with Gasteiger partial charge in [0.15, 0.2) is 5.75 Å². The van der Waals surface area contributed by atoms with Crippen molar-refractivity contribution in [1.29, 1.82) is 0 Å². The molecule has 2 heterocycles. The van der Waals surface area contributed by atoms with E-state index in [4.69, 9.17) is 4.74 Å². The number of halogens is 1. The standard InChI is InChI=1S/C31H35FN4O6/c1-5-31(6-2,30(40)41)26-13-11-23(20-8-7-9-22(32)16-20)36(26)27(37)17-33-28(38)21-10-12-24(18(3)14-21)42-25-15-19(4)34-35-29(25)39/h7-10,12,14-16,23,26H,5-6,11,13,17H2,1-4H3,(H,33,38)(H,35,39)(H,40,41)/t23-,26+/m0/s1. The van der Waals surface area contributed by atoms with Crippen LogP contribution < -0.4 is 15.6 Å². The lowest BCUT2D eigenvalue weighted by atomic mass is 9.74. The van der Waals surface area contributed by atoms with Gasteiger partial charge >= 0.3 is 11.5 Å². The third-order valence-electron chi connectivity index (χ3n) is 8.19. The van der Waals surface area contributed by atoms with Crippen LogP contribution in [0.4, 0.5) is 4.39 Å². The normalized spacial score (nSPS) is 16.7. The van der Waals surface area contributed by atoms with E-state index < -0.39 is 46.7 Å². The Morgan fingerprint density at radius 1 is 1.10 bits per heavy atom. The Bertz CT molecular complexity index is 1550. The summed E-state index contributed by atoms with van der Waals surface area (Å²) in [6.07, 6.45) is 1.54. The number of carboxylic acid groups (broad SMARTS) is 1. The molecule has 0 radical (unpaired) electrons. The third kappa shape index (κ3) is 6.05. The van der Waals surface area contributed by atoms with Crippen LogP contribution in [0.2, 0.25) is 0 Å². The SMILES string of the molecule is CCC(CC)(C(=O)O)[C@H]1CC[C@@H](c2cccc(F)c2)N1C(=O)CNC(=O)c1ccc(Oc2cc(C)n[nH]c2=O)c(C)c1. The molecular formula is C31H35FN4O6. The summed E-state index contributed by atoms with van der Waals surface area (Å²) in [7, 11) is 0. The quantitative estimate of drug-likeness (QED) is 0.317. The average Bonchev–Trinajstić information content (AvgIpc) is 3.41. The molecule has 1 fully saturated rings. The number of nitrogens with zero attached hydrogens (tertiary/aromatic N) is 2. The maximum absolute atomic E-state index is 14.1. The first-order valence-electron chi connectivity index (χ1n) is 13.9. The third-order valence-corrected chi connectivity index (χ3v) is 8.19. The molecule has 0 saturated carbocycles. The number of nitrogens with one attached hydrogen (secondary N) is 2. The van der Waals surface area contributed by atoms with E-state index in [1.54, 1.807) is 52.0 Å². The molecule has 3 aromatic rings. The number of benzene rings is 2. The molecule has 4 rings (SSSR count). The van der Waals surface area contributed by atoms with Gasteiger partial charge in [0.1, 0.15) is 11.6 Å². The molecule has 42 heavy (non-hydrogen) atoms. The Hall–Kier alpha value is -4.54. The Morgan fingerprint density at radius 2 is 1.83 bits per heavy atom. The molecule has 0 spiro atoms. The second kappa shape index (κ2) is 12.5. The summed E-state index contributed by atoms with van der Waals surface area (Å²) < 4.78 is 19.8. The van der Waals surface area contributed by atoms with Gasteiger partial charge in [0.25, 0.3) is 5.91 Å². The number of carbonyl (C=O) groups is 3. The number of likely N-dealkylation sites (tertiary alicyclic amines) is 1. The minimum atomic E-state index is -1.18. The summed E-state index contributed by atoms with van der Waals surface area (Å²) in [4.78, 5) is 52.8. The Balaban J connectivity index is 1.54. The van der Waals surface area contributed by atoms with E-state index >= 15 is 0 Å². The number of aromatic nitrogens is 2. The van der Waals surface area contributed by atoms with Crippen LogP contribution in [-0.2, 0) is 9.59 Å². The first-order chi connectivity index (χ1) is 20.0. The lowest BCUT2D eigenvalue weighted by molar-refractivity contribution is -0.156. The van der Waals surface area contributed by atoms with Crippen LogP contribution in [0.15, 0.2) is 53.3 Å². The van der Waals surface area contributed by atoms with Crippen molar-refractivity contribution in [2.24, 2.45) is 5.41 Å².